The van der Waals surface area contributed by atoms with Gasteiger partial charge in [0.1, 0.15) is 35.9 Å². The number of nitrogens with zero attached hydrogens (tertiary/aromatic N) is 1. The Kier molecular flexibility index (Phi) is 24.9. The average molecular weight is 994 g/mol. The number of rotatable bonds is 16. The van der Waals surface area contributed by atoms with Crippen LogP contribution in [0.5, 0.6) is 0 Å². The minimum atomic E-state index is -1.87. The Labute approximate surface area is 416 Å². The summed E-state index contributed by atoms with van der Waals surface area (Å²) in [6.45, 7) is 14.9. The molecule has 0 saturated carbocycles. The van der Waals surface area contributed by atoms with Crippen LogP contribution in [-0.4, -0.2) is 131 Å². The van der Waals surface area contributed by atoms with E-state index < -0.39 is 120 Å². The third-order valence-corrected chi connectivity index (χ3v) is 12.2. The summed E-state index contributed by atoms with van der Waals surface area (Å²) in [5, 5.41) is 43.2. The maximum absolute atomic E-state index is 14.4. The van der Waals surface area contributed by atoms with Gasteiger partial charge in [-0.25, -0.2) is 9.59 Å². The van der Waals surface area contributed by atoms with Crippen LogP contribution in [0.4, 0.5) is 0 Å². The number of allylic oxidation sites excluding steroid dienone is 2. The Morgan fingerprint density at radius 1 is 0.845 bits per heavy atom. The molecule has 11 N–H and O–H groups in total. The lowest BCUT2D eigenvalue weighted by molar-refractivity contribution is -0.146. The number of likely N-dealkylation sites (N-methyl/N-ethyl adjacent to an activating group) is 1. The van der Waals surface area contributed by atoms with Crippen LogP contribution >= 0.6 is 0 Å². The molecule has 3 unspecified atom stereocenters. The molecule has 21 heteroatoms. The highest BCUT2D eigenvalue weighted by molar-refractivity contribution is 6.00. The fourth-order valence-electron chi connectivity index (χ4n) is 7.62. The smallest absolute Gasteiger partial charge is 0.327 e. The summed E-state index contributed by atoms with van der Waals surface area (Å²) in [5.74, 6) is -12.3. The lowest BCUT2D eigenvalue weighted by Gasteiger charge is -2.28. The van der Waals surface area contributed by atoms with Crippen molar-refractivity contribution in [1.29, 1.82) is 5.41 Å². The van der Waals surface area contributed by atoms with Crippen LogP contribution in [0.1, 0.15) is 99.0 Å². The van der Waals surface area contributed by atoms with E-state index in [4.69, 9.17) is 15.9 Å². The van der Waals surface area contributed by atoms with Gasteiger partial charge in [-0.2, -0.15) is 0 Å². The van der Waals surface area contributed by atoms with E-state index in [-0.39, 0.29) is 49.5 Å². The summed E-state index contributed by atoms with van der Waals surface area (Å²) >= 11 is 0. The van der Waals surface area contributed by atoms with Gasteiger partial charge in [0.15, 0.2) is 0 Å². The van der Waals surface area contributed by atoms with Crippen LogP contribution in [0.2, 0.25) is 0 Å². The van der Waals surface area contributed by atoms with E-state index in [1.807, 2.05) is 43.3 Å². The lowest BCUT2D eigenvalue weighted by Crippen LogP contribution is -2.59. The zero-order chi connectivity index (χ0) is 53.7. The summed E-state index contributed by atoms with van der Waals surface area (Å²) in [6.07, 6.45) is 5.39. The van der Waals surface area contributed by atoms with Crippen molar-refractivity contribution in [2.24, 2.45) is 29.4 Å². The van der Waals surface area contributed by atoms with Gasteiger partial charge >= 0.3 is 11.9 Å². The molecule has 1 aromatic carbocycles. The molecule has 0 radical (unpaired) electrons. The molecule has 1 aromatic rings. The number of carbonyl (C=O) groups excluding carboxylic acids is 7. The number of aliphatic carboxylic acids is 2. The largest absolute Gasteiger partial charge is 0.480 e. The van der Waals surface area contributed by atoms with Gasteiger partial charge in [-0.3, -0.25) is 39.0 Å². The molecule has 392 valence electrons. The number of nitrogens with one attached hydrogen (secondary N) is 7. The van der Waals surface area contributed by atoms with E-state index in [0.29, 0.717) is 18.4 Å². The minimum absolute atomic E-state index is 0.0105. The van der Waals surface area contributed by atoms with Gasteiger partial charge in [-0.1, -0.05) is 102 Å². The molecule has 1 heterocycles. The summed E-state index contributed by atoms with van der Waals surface area (Å²) in [5.41, 5.74) is 6.94. The number of nitrogens with two attached hydrogens (primary N) is 1. The predicted molar refractivity (Wildman–Crippen MR) is 265 cm³/mol. The third-order valence-electron chi connectivity index (χ3n) is 12.2. The predicted octanol–water partition coefficient (Wildman–Crippen LogP) is 2.06. The van der Waals surface area contributed by atoms with Crippen molar-refractivity contribution in [3.8, 4) is 0 Å². The quantitative estimate of drug-likeness (QED) is 0.0373. The Hall–Kier alpha value is -6.90. The topological polar surface area (TPSA) is 329 Å². The van der Waals surface area contributed by atoms with Gasteiger partial charge in [0, 0.05) is 32.9 Å². The van der Waals surface area contributed by atoms with E-state index in [1.54, 1.807) is 34.0 Å². The van der Waals surface area contributed by atoms with Crippen LogP contribution in [0, 0.1) is 29.1 Å². The molecule has 1 aliphatic heterocycles. The number of ether oxygens (including phenoxy) is 1. The van der Waals surface area contributed by atoms with Gasteiger partial charge in [0.2, 0.25) is 35.4 Å². The van der Waals surface area contributed by atoms with E-state index in [0.717, 1.165) is 10.5 Å². The van der Waals surface area contributed by atoms with Crippen molar-refractivity contribution in [2.45, 2.75) is 142 Å². The van der Waals surface area contributed by atoms with Crippen LogP contribution < -0.4 is 37.6 Å². The van der Waals surface area contributed by atoms with Crippen molar-refractivity contribution < 1.29 is 58.1 Å². The first-order chi connectivity index (χ1) is 33.3. The second-order valence-electron chi connectivity index (χ2n) is 18.6. The van der Waals surface area contributed by atoms with Crippen LogP contribution in [0.15, 0.2) is 66.4 Å². The summed E-state index contributed by atoms with van der Waals surface area (Å²) in [7, 11) is 2.83. The molecule has 2 rings (SSSR count). The Balaban J connectivity index is 2.72. The van der Waals surface area contributed by atoms with Crippen LogP contribution in [0.25, 0.3) is 0 Å². The number of amidine groups is 1. The average Bonchev–Trinajstić information content (AvgIpc) is 3.31. The molecule has 0 spiro atoms. The van der Waals surface area contributed by atoms with E-state index >= 15 is 0 Å². The summed E-state index contributed by atoms with van der Waals surface area (Å²) < 4.78 is 5.82. The van der Waals surface area contributed by atoms with E-state index in [2.05, 4.69) is 38.5 Å². The van der Waals surface area contributed by atoms with Gasteiger partial charge in [0.25, 0.3) is 5.91 Å². The van der Waals surface area contributed by atoms with Crippen molar-refractivity contribution in [3.05, 3.63) is 72.0 Å². The molecule has 1 fully saturated rings. The Bertz CT molecular complexity index is 2150. The first kappa shape index (κ1) is 60.2. The number of hydrogen-bond acceptors (Lipinski definition) is 11. The highest BCUT2D eigenvalue weighted by Crippen LogP contribution is 2.19. The molecular formula is C50H75N9O12. The van der Waals surface area contributed by atoms with E-state index in [9.17, 15) is 53.4 Å². The minimum Gasteiger partial charge on any atom is -0.480 e. The molecule has 21 nitrogen and oxygen atoms in total. The van der Waals surface area contributed by atoms with Gasteiger partial charge < -0.3 is 57.5 Å². The highest BCUT2D eigenvalue weighted by atomic mass is 16.5. The van der Waals surface area contributed by atoms with Gasteiger partial charge in [0.05, 0.1) is 29.8 Å². The lowest BCUT2D eigenvalue weighted by atomic mass is 9.94. The normalized spacial score (nSPS) is 25.4. The summed E-state index contributed by atoms with van der Waals surface area (Å²) in [6, 6.07) is 1.09. The SMILES string of the molecule is C=C1C(=O)N[C@H](C)C(=O)N[C@@H](CC(C)C)C(=O)NC(C(=O)O)[C@H](C)C(=O)NC(CCCCC(=N)N)C(=O)NC(/C=C/C(C)=C/[C@H](C)[C@H](Cc2ccccc2)OC)[C@H](C)C(=O)N[C@@H](C(=O)O)CCC(=O)N1C. The first-order valence-electron chi connectivity index (χ1n) is 23.8. The Morgan fingerprint density at radius 3 is 2.03 bits per heavy atom. The Morgan fingerprint density at radius 2 is 1.45 bits per heavy atom. The fourth-order valence-corrected chi connectivity index (χ4v) is 7.62. The molecule has 1 aliphatic rings. The number of hydrogen-bond donors (Lipinski definition) is 10. The zero-order valence-electron chi connectivity index (χ0n) is 42.3. The van der Waals surface area contributed by atoms with Gasteiger partial charge in [-0.05, 0) is 57.4 Å². The van der Waals surface area contributed by atoms with Crippen LogP contribution in [0.3, 0.4) is 0 Å². The maximum Gasteiger partial charge on any atom is 0.327 e. The number of methoxy groups -OCH3 is 1. The monoisotopic (exact) mass is 994 g/mol. The number of unbranched alkanes of at least 4 members (excludes halogenated alkanes) is 1. The number of amides is 7. The maximum atomic E-state index is 14.4. The second-order valence-corrected chi connectivity index (χ2v) is 18.6. The van der Waals surface area contributed by atoms with E-state index in [1.165, 1.54) is 33.9 Å². The molecule has 71 heavy (non-hydrogen) atoms. The number of benzene rings is 1. The molecular weight excluding hydrogens is 919 g/mol. The number of carboxylic acid groups (broad SMARTS) is 2. The third kappa shape index (κ3) is 20.2. The number of carbonyl (C=O) groups is 9. The molecule has 7 amide bonds. The standard InChI is InChI=1S/C50H75N9O12/c1-27(2)24-38-48(66)58-42(50(69)70)31(6)44(62)55-36(18-14-15-19-40(51)52)47(65)54-35(21-20-28(3)25-29(4)39(71-10)26-34-16-12-11-13-17-34)30(5)43(61)56-37(49(67)68)22-23-41(60)59(9)33(8)46(64)53-32(7)45(63)57-38/h11-13,16-17,20-21,25,27,29-32,35-39,42H,8,14-15,18-19,22-24,26H2,1-7,9-10H3,(H3,51,52)(H,53,64)(H,54,65)(H,55,62)(H,56,61)(H,57,63)(H,58,66)(H,67,68)(H,69,70)/b21-20+,28-25+/t29-,30-,31-,32+,35?,36?,37+,38-,39-,42?/m0/s1. The molecule has 0 bridgehead atoms. The fraction of sp³-hybridized carbons (Fsp3) is 0.560. The van der Waals surface area contributed by atoms with Crippen LogP contribution in [-0.2, 0) is 54.3 Å². The molecule has 1 saturated heterocycles. The number of carboxylic acids is 2. The van der Waals surface area contributed by atoms with Crippen molar-refractivity contribution >= 4 is 59.1 Å². The van der Waals surface area contributed by atoms with Crippen molar-refractivity contribution in [1.82, 2.24) is 36.8 Å². The highest BCUT2D eigenvalue weighted by Gasteiger charge is 2.37. The van der Waals surface area contributed by atoms with Gasteiger partial charge in [-0.15, -0.1) is 0 Å². The first-order valence-corrected chi connectivity index (χ1v) is 23.8. The second kappa shape index (κ2) is 29.3. The molecule has 0 aliphatic carbocycles. The summed E-state index contributed by atoms with van der Waals surface area (Å²) in [4.78, 5) is 122. The zero-order valence-corrected chi connectivity index (χ0v) is 42.3. The molecule has 0 aromatic heterocycles. The van der Waals surface area contributed by atoms with Crippen molar-refractivity contribution in [2.75, 3.05) is 14.2 Å². The van der Waals surface area contributed by atoms with Crippen molar-refractivity contribution in [3.63, 3.8) is 0 Å². The molecule has 10 atom stereocenters.